The highest BCUT2D eigenvalue weighted by Gasteiger charge is 2.30. The number of fused-ring (bicyclic) bond motifs is 1. The third-order valence-electron chi connectivity index (χ3n) is 4.84. The lowest BCUT2D eigenvalue weighted by Crippen LogP contribution is -2.32. The van der Waals surface area contributed by atoms with Crippen molar-refractivity contribution in [3.05, 3.63) is 75.0 Å². The second-order valence-corrected chi connectivity index (χ2v) is 6.80. The van der Waals surface area contributed by atoms with Crippen LogP contribution in [-0.4, -0.2) is 20.6 Å². The number of hydrogen-bond donors (Lipinski definition) is 2. The molecule has 1 amide bonds. The van der Waals surface area contributed by atoms with Gasteiger partial charge in [0.05, 0.1) is 17.6 Å². The number of pyridine rings is 2. The number of nitrogens with two attached hydrogens (primary N) is 1. The summed E-state index contributed by atoms with van der Waals surface area (Å²) < 4.78 is 14.7. The minimum absolute atomic E-state index is 0.00807. The molecule has 0 spiro atoms. The summed E-state index contributed by atoms with van der Waals surface area (Å²) in [6.45, 7) is -0.500. The topological polar surface area (TPSA) is 98.2 Å². The molecule has 1 aliphatic rings. The number of amides is 1. The molecule has 0 saturated heterocycles. The molecule has 7 heteroatoms. The zero-order chi connectivity index (χ0) is 19.1. The molecule has 27 heavy (non-hydrogen) atoms. The van der Waals surface area contributed by atoms with Gasteiger partial charge in [0.25, 0.3) is 11.5 Å². The Morgan fingerprint density at radius 1 is 1.26 bits per heavy atom. The van der Waals surface area contributed by atoms with Gasteiger partial charge < -0.3 is 15.4 Å². The lowest BCUT2D eigenvalue weighted by molar-refractivity contribution is 0.0995. The molecule has 1 aliphatic carbocycles. The molecule has 0 aliphatic heterocycles. The van der Waals surface area contributed by atoms with E-state index in [0.29, 0.717) is 17.5 Å². The van der Waals surface area contributed by atoms with Gasteiger partial charge in [0.1, 0.15) is 11.4 Å². The van der Waals surface area contributed by atoms with Crippen LogP contribution in [0.5, 0.6) is 0 Å². The van der Waals surface area contributed by atoms with Gasteiger partial charge in [-0.2, -0.15) is 0 Å². The number of carbonyl (C=O) groups excluding carboxylic acids is 1. The lowest BCUT2D eigenvalue weighted by Gasteiger charge is -2.15. The fourth-order valence-electron chi connectivity index (χ4n) is 3.43. The Balaban J connectivity index is 1.91. The number of rotatable bonds is 5. The van der Waals surface area contributed by atoms with Gasteiger partial charge >= 0.3 is 0 Å². The number of halogens is 1. The van der Waals surface area contributed by atoms with Gasteiger partial charge in [-0.15, -0.1) is 0 Å². The Bertz CT molecular complexity index is 1100. The van der Waals surface area contributed by atoms with E-state index in [4.69, 9.17) is 5.73 Å². The number of nitrogens with zero attached hydrogens (tertiary/aromatic N) is 2. The largest absolute Gasteiger partial charge is 0.392 e. The number of carbonyl (C=O) groups is 1. The summed E-state index contributed by atoms with van der Waals surface area (Å²) in [5.74, 6) is -1.16. The van der Waals surface area contributed by atoms with Gasteiger partial charge in [-0.25, -0.2) is 4.39 Å². The minimum atomic E-state index is -0.863. The highest BCUT2D eigenvalue weighted by Crippen LogP contribution is 2.36. The first-order valence-corrected chi connectivity index (χ1v) is 8.70. The molecule has 138 valence electrons. The van der Waals surface area contributed by atoms with E-state index in [1.54, 1.807) is 22.9 Å². The molecule has 0 bridgehead atoms. The van der Waals surface area contributed by atoms with Crippen LogP contribution in [0.1, 0.15) is 45.9 Å². The molecule has 0 atom stereocenters. The van der Waals surface area contributed by atoms with Crippen molar-refractivity contribution in [2.75, 3.05) is 0 Å². The zero-order valence-electron chi connectivity index (χ0n) is 14.5. The summed E-state index contributed by atoms with van der Waals surface area (Å²) in [5, 5.41) is 9.73. The van der Waals surface area contributed by atoms with Gasteiger partial charge in [-0.1, -0.05) is 12.1 Å². The second kappa shape index (κ2) is 6.59. The van der Waals surface area contributed by atoms with Crippen LogP contribution in [0, 0.1) is 5.82 Å². The second-order valence-electron chi connectivity index (χ2n) is 6.80. The molecule has 3 N–H and O–H groups in total. The highest BCUT2D eigenvalue weighted by atomic mass is 19.1. The average molecular weight is 367 g/mol. The van der Waals surface area contributed by atoms with Crippen molar-refractivity contribution in [3.8, 4) is 0 Å². The fraction of sp³-hybridized carbons (Fsp3) is 0.250. The van der Waals surface area contributed by atoms with Crippen molar-refractivity contribution in [1.29, 1.82) is 0 Å². The van der Waals surface area contributed by atoms with Crippen LogP contribution in [-0.2, 0) is 13.0 Å². The Kier molecular flexibility index (Phi) is 4.24. The normalized spacial score (nSPS) is 13.9. The number of hydrogen-bond acceptors (Lipinski definition) is 4. The van der Waals surface area contributed by atoms with Crippen molar-refractivity contribution in [2.45, 2.75) is 31.9 Å². The first-order chi connectivity index (χ1) is 13.0. The van der Waals surface area contributed by atoms with E-state index in [-0.39, 0.29) is 23.0 Å². The third-order valence-corrected chi connectivity index (χ3v) is 4.84. The maximum absolute atomic E-state index is 13.1. The number of aliphatic hydroxyl groups excluding tert-OH is 1. The van der Waals surface area contributed by atoms with E-state index in [9.17, 15) is 19.1 Å². The van der Waals surface area contributed by atoms with Crippen molar-refractivity contribution >= 4 is 16.9 Å². The van der Waals surface area contributed by atoms with E-state index in [1.807, 2.05) is 6.07 Å². The summed E-state index contributed by atoms with van der Waals surface area (Å²) in [7, 11) is 0. The molecule has 2 aromatic heterocycles. The lowest BCUT2D eigenvalue weighted by atomic mass is 10.0. The molecular weight excluding hydrogens is 349 g/mol. The van der Waals surface area contributed by atoms with Crippen LogP contribution in [0.4, 0.5) is 4.39 Å². The van der Waals surface area contributed by atoms with Crippen LogP contribution < -0.4 is 11.3 Å². The number of benzene rings is 1. The molecule has 6 nitrogen and oxygen atoms in total. The standard InChI is InChI=1S/C20H18FN3O3/c21-13-3-1-11(2-4-13)7-12-8-16-18(23-9-12)15(10-25)17(19(22)26)20(27)24(16)14-5-6-14/h1-4,8-9,14,25H,5-7,10H2,(H2,22,26). The predicted molar refractivity (Wildman–Crippen MR) is 97.9 cm³/mol. The fourth-order valence-corrected chi connectivity index (χ4v) is 3.43. The molecule has 2 heterocycles. The van der Waals surface area contributed by atoms with Gasteiger partial charge in [0, 0.05) is 17.8 Å². The SMILES string of the molecule is NC(=O)c1c(CO)c2ncc(Cc3ccc(F)cc3)cc2n(C2CC2)c1=O. The number of aliphatic hydroxyl groups is 1. The van der Waals surface area contributed by atoms with Crippen LogP contribution >= 0.6 is 0 Å². The summed E-state index contributed by atoms with van der Waals surface area (Å²) >= 11 is 0. The van der Waals surface area contributed by atoms with Gasteiger partial charge in [0.15, 0.2) is 0 Å². The number of aromatic nitrogens is 2. The van der Waals surface area contributed by atoms with Crippen LogP contribution in [0.15, 0.2) is 41.3 Å². The summed E-state index contributed by atoms with van der Waals surface area (Å²) in [5.41, 5.74) is 7.61. The van der Waals surface area contributed by atoms with Crippen LogP contribution in [0.25, 0.3) is 11.0 Å². The van der Waals surface area contributed by atoms with Crippen molar-refractivity contribution in [1.82, 2.24) is 9.55 Å². The van der Waals surface area contributed by atoms with Crippen molar-refractivity contribution in [3.63, 3.8) is 0 Å². The monoisotopic (exact) mass is 367 g/mol. The Labute approximate surface area is 154 Å². The summed E-state index contributed by atoms with van der Waals surface area (Å²) in [6.07, 6.45) is 3.84. The molecule has 1 saturated carbocycles. The average Bonchev–Trinajstić information content (AvgIpc) is 3.47. The first-order valence-electron chi connectivity index (χ1n) is 8.70. The molecular formula is C20H18FN3O3. The summed E-state index contributed by atoms with van der Waals surface area (Å²) in [4.78, 5) is 29.1. The van der Waals surface area contributed by atoms with E-state index in [2.05, 4.69) is 4.98 Å². The summed E-state index contributed by atoms with van der Waals surface area (Å²) in [6, 6.07) is 8.04. The number of primary amides is 1. The van der Waals surface area contributed by atoms with Gasteiger partial charge in [0.2, 0.25) is 0 Å². The zero-order valence-corrected chi connectivity index (χ0v) is 14.5. The van der Waals surface area contributed by atoms with Gasteiger partial charge in [-0.05, 0) is 48.6 Å². The van der Waals surface area contributed by atoms with Crippen molar-refractivity contribution < 1.29 is 14.3 Å². The van der Waals surface area contributed by atoms with Crippen LogP contribution in [0.3, 0.4) is 0 Å². The molecule has 1 fully saturated rings. The first kappa shape index (κ1) is 17.4. The molecule has 3 aromatic rings. The molecule has 4 rings (SSSR count). The van der Waals surface area contributed by atoms with E-state index < -0.39 is 18.1 Å². The maximum Gasteiger partial charge on any atom is 0.264 e. The van der Waals surface area contributed by atoms with E-state index >= 15 is 0 Å². The Morgan fingerprint density at radius 3 is 2.56 bits per heavy atom. The van der Waals surface area contributed by atoms with Crippen molar-refractivity contribution in [2.24, 2.45) is 5.73 Å². The predicted octanol–water partition coefficient (Wildman–Crippen LogP) is 2.05. The molecule has 0 unspecified atom stereocenters. The van der Waals surface area contributed by atoms with E-state index in [1.165, 1.54) is 12.1 Å². The van der Waals surface area contributed by atoms with Crippen LogP contribution in [0.2, 0.25) is 0 Å². The molecule has 0 radical (unpaired) electrons. The Hall–Kier alpha value is -3.06. The molecule has 1 aromatic carbocycles. The highest BCUT2D eigenvalue weighted by molar-refractivity contribution is 5.98. The van der Waals surface area contributed by atoms with Gasteiger partial charge in [-0.3, -0.25) is 14.6 Å². The minimum Gasteiger partial charge on any atom is -0.392 e. The maximum atomic E-state index is 13.1. The third kappa shape index (κ3) is 3.10. The Morgan fingerprint density at radius 2 is 1.96 bits per heavy atom. The van der Waals surface area contributed by atoms with E-state index in [0.717, 1.165) is 24.0 Å². The quantitative estimate of drug-likeness (QED) is 0.721. The smallest absolute Gasteiger partial charge is 0.264 e.